The van der Waals surface area contributed by atoms with E-state index in [4.69, 9.17) is 32.6 Å². The number of imidazole rings is 1. The van der Waals surface area contributed by atoms with Crippen LogP contribution in [-0.2, 0) is 6.54 Å². The maximum atomic E-state index is 12.7. The lowest BCUT2D eigenvalue weighted by Gasteiger charge is -2.22. The molecule has 1 saturated carbocycles. The molecule has 2 unspecified atom stereocenters. The van der Waals surface area contributed by atoms with Crippen LogP contribution in [-0.4, -0.2) is 71.2 Å². The summed E-state index contributed by atoms with van der Waals surface area (Å²) in [6.07, 6.45) is 5.61. The molecule has 37 heavy (non-hydrogen) atoms. The third-order valence-electron chi connectivity index (χ3n) is 7.25. The number of hydrogen-bond acceptors (Lipinski definition) is 7. The highest BCUT2D eigenvalue weighted by molar-refractivity contribution is 6.42. The Morgan fingerprint density at radius 2 is 1.81 bits per heavy atom. The number of urea groups is 1. The van der Waals surface area contributed by atoms with E-state index >= 15 is 0 Å². The molecule has 1 aromatic carbocycles. The zero-order valence-corrected chi connectivity index (χ0v) is 22.5. The summed E-state index contributed by atoms with van der Waals surface area (Å²) in [6, 6.07) is 4.79. The van der Waals surface area contributed by atoms with E-state index in [1.807, 2.05) is 0 Å². The SMILES string of the molecule is CN(C)C(=O)N(C)c1nc(N2CC3CCCCC3C2)n(Cc2nnc(-c3ccc(Cl)c(Cl)c3)o2)c1C=O. The minimum absolute atomic E-state index is 0.126. The van der Waals surface area contributed by atoms with Gasteiger partial charge in [0.15, 0.2) is 12.1 Å². The van der Waals surface area contributed by atoms with Crippen molar-refractivity contribution in [1.82, 2.24) is 24.6 Å². The second kappa shape index (κ2) is 10.3. The summed E-state index contributed by atoms with van der Waals surface area (Å²) < 4.78 is 7.71. The Kier molecular flexibility index (Phi) is 7.13. The van der Waals surface area contributed by atoms with Crippen molar-refractivity contribution in [2.45, 2.75) is 32.2 Å². The first-order valence-electron chi connectivity index (χ1n) is 12.3. The maximum Gasteiger partial charge on any atom is 0.324 e. The predicted octanol–water partition coefficient (Wildman–Crippen LogP) is 4.84. The molecule has 196 valence electrons. The van der Waals surface area contributed by atoms with Crippen molar-refractivity contribution >= 4 is 47.3 Å². The van der Waals surface area contributed by atoms with Crippen LogP contribution in [0.15, 0.2) is 22.6 Å². The fourth-order valence-electron chi connectivity index (χ4n) is 5.36. The molecular weight excluding hydrogens is 517 g/mol. The van der Waals surface area contributed by atoms with Gasteiger partial charge < -0.3 is 14.2 Å². The Morgan fingerprint density at radius 3 is 2.43 bits per heavy atom. The Balaban J connectivity index is 1.52. The summed E-state index contributed by atoms with van der Waals surface area (Å²) in [5, 5.41) is 9.18. The topological polar surface area (TPSA) is 101 Å². The molecule has 2 aromatic heterocycles. The van der Waals surface area contributed by atoms with Gasteiger partial charge in [0, 0.05) is 39.8 Å². The number of benzene rings is 1. The number of fused-ring (bicyclic) bond motifs is 1. The highest BCUT2D eigenvalue weighted by Crippen LogP contribution is 2.39. The van der Waals surface area contributed by atoms with Crippen molar-refractivity contribution in [1.29, 1.82) is 0 Å². The number of anilines is 2. The molecule has 0 radical (unpaired) electrons. The number of hydrogen-bond donors (Lipinski definition) is 0. The summed E-state index contributed by atoms with van der Waals surface area (Å²) in [5.74, 6) is 2.71. The van der Waals surface area contributed by atoms with E-state index in [0.29, 0.717) is 45.1 Å². The molecular formula is C25H29Cl2N7O3. The lowest BCUT2D eigenvalue weighted by Crippen LogP contribution is -2.37. The van der Waals surface area contributed by atoms with Crippen LogP contribution in [0.1, 0.15) is 42.1 Å². The molecule has 5 rings (SSSR count). The second-order valence-corrected chi connectivity index (χ2v) is 10.7. The van der Waals surface area contributed by atoms with Crippen LogP contribution >= 0.6 is 23.2 Å². The summed E-state index contributed by atoms with van der Waals surface area (Å²) in [4.78, 5) is 35.0. The van der Waals surface area contributed by atoms with Gasteiger partial charge in [-0.1, -0.05) is 36.0 Å². The van der Waals surface area contributed by atoms with Crippen molar-refractivity contribution in [3.8, 4) is 11.5 Å². The second-order valence-electron chi connectivity index (χ2n) is 9.90. The molecule has 1 aliphatic carbocycles. The molecule has 0 spiro atoms. The van der Waals surface area contributed by atoms with Crippen molar-refractivity contribution in [2.24, 2.45) is 11.8 Å². The maximum absolute atomic E-state index is 12.7. The molecule has 0 N–H and O–H groups in total. The van der Waals surface area contributed by atoms with E-state index in [2.05, 4.69) is 15.1 Å². The zero-order valence-electron chi connectivity index (χ0n) is 21.0. The molecule has 2 amide bonds. The first-order chi connectivity index (χ1) is 17.8. The number of rotatable bonds is 6. The van der Waals surface area contributed by atoms with Crippen molar-refractivity contribution < 1.29 is 14.0 Å². The van der Waals surface area contributed by atoms with Crippen LogP contribution in [0, 0.1) is 11.8 Å². The highest BCUT2D eigenvalue weighted by Gasteiger charge is 2.37. The number of aromatic nitrogens is 4. The standard InChI is InChI=1S/C25H29Cl2N7O3/c1-31(2)25(36)32(3)22-20(14-35)34(24(28-22)33-11-16-6-4-5-7-17(16)12-33)13-21-29-30-23(37-21)15-8-9-18(26)19(27)10-15/h8-10,14,16-17H,4-7,11-13H2,1-3H3. The minimum Gasteiger partial charge on any atom is -0.419 e. The summed E-state index contributed by atoms with van der Waals surface area (Å²) in [5.41, 5.74) is 0.909. The van der Waals surface area contributed by atoms with E-state index in [1.54, 1.807) is 43.9 Å². The Labute approximate surface area is 225 Å². The molecule has 3 aromatic rings. The zero-order chi connectivity index (χ0) is 26.3. The number of carbonyl (C=O) groups excluding carboxylic acids is 2. The number of amides is 2. The average molecular weight is 546 g/mol. The van der Waals surface area contributed by atoms with Crippen LogP contribution in [0.4, 0.5) is 16.6 Å². The van der Waals surface area contributed by atoms with E-state index in [-0.39, 0.29) is 24.2 Å². The van der Waals surface area contributed by atoms with Crippen LogP contribution in [0.3, 0.4) is 0 Å². The molecule has 3 heterocycles. The molecule has 12 heteroatoms. The van der Waals surface area contributed by atoms with Crippen molar-refractivity contribution in [2.75, 3.05) is 44.0 Å². The fraction of sp³-hybridized carbons (Fsp3) is 0.480. The van der Waals surface area contributed by atoms with Gasteiger partial charge in [-0.05, 0) is 42.9 Å². The largest absolute Gasteiger partial charge is 0.419 e. The molecule has 1 saturated heterocycles. The molecule has 0 bridgehead atoms. The van der Waals surface area contributed by atoms with E-state index in [1.165, 1.54) is 35.5 Å². The van der Waals surface area contributed by atoms with Crippen molar-refractivity contribution in [3.05, 3.63) is 39.8 Å². The average Bonchev–Trinajstić information content (AvgIpc) is 3.61. The van der Waals surface area contributed by atoms with Gasteiger partial charge in [-0.15, -0.1) is 10.2 Å². The lowest BCUT2D eigenvalue weighted by atomic mass is 9.82. The predicted molar refractivity (Wildman–Crippen MR) is 142 cm³/mol. The van der Waals surface area contributed by atoms with Crippen LogP contribution in [0.2, 0.25) is 10.0 Å². The van der Waals surface area contributed by atoms with Gasteiger partial charge in [0.25, 0.3) is 0 Å². The van der Waals surface area contributed by atoms with E-state index < -0.39 is 0 Å². The van der Waals surface area contributed by atoms with Gasteiger partial charge in [0.1, 0.15) is 12.2 Å². The molecule has 2 atom stereocenters. The lowest BCUT2D eigenvalue weighted by molar-refractivity contribution is 0.111. The Bertz CT molecular complexity index is 1310. The summed E-state index contributed by atoms with van der Waals surface area (Å²) >= 11 is 12.2. The highest BCUT2D eigenvalue weighted by atomic mass is 35.5. The van der Waals surface area contributed by atoms with E-state index in [9.17, 15) is 9.59 Å². The van der Waals surface area contributed by atoms with Crippen molar-refractivity contribution in [3.63, 3.8) is 0 Å². The van der Waals surface area contributed by atoms with Gasteiger partial charge in [0.05, 0.1) is 10.0 Å². The summed E-state index contributed by atoms with van der Waals surface area (Å²) in [6.45, 7) is 1.85. The molecule has 2 fully saturated rings. The third kappa shape index (κ3) is 4.92. The number of aldehydes is 1. The molecule has 2 aliphatic rings. The van der Waals surface area contributed by atoms with E-state index in [0.717, 1.165) is 19.4 Å². The van der Waals surface area contributed by atoms with Gasteiger partial charge in [0.2, 0.25) is 17.7 Å². The monoisotopic (exact) mass is 545 g/mol. The van der Waals surface area contributed by atoms with Gasteiger partial charge in [-0.2, -0.15) is 4.98 Å². The fourth-order valence-corrected chi connectivity index (χ4v) is 5.66. The Morgan fingerprint density at radius 1 is 1.11 bits per heavy atom. The summed E-state index contributed by atoms with van der Waals surface area (Å²) in [7, 11) is 4.93. The minimum atomic E-state index is -0.283. The number of carbonyl (C=O) groups is 2. The van der Waals surface area contributed by atoms with Crippen LogP contribution in [0.5, 0.6) is 0 Å². The number of halogens is 2. The molecule has 1 aliphatic heterocycles. The smallest absolute Gasteiger partial charge is 0.324 e. The first kappa shape index (κ1) is 25.5. The van der Waals surface area contributed by atoms with Crippen LogP contribution in [0.25, 0.3) is 11.5 Å². The first-order valence-corrected chi connectivity index (χ1v) is 13.1. The number of nitrogens with zero attached hydrogens (tertiary/aromatic N) is 7. The van der Waals surface area contributed by atoms with Gasteiger partial charge in [-0.25, -0.2) is 4.79 Å². The van der Waals surface area contributed by atoms with Crippen LogP contribution < -0.4 is 9.80 Å². The Hall–Kier alpha value is -3.11. The van der Waals surface area contributed by atoms with Gasteiger partial charge >= 0.3 is 6.03 Å². The quantitative estimate of drug-likeness (QED) is 0.408. The normalized spacial score (nSPS) is 19.1. The third-order valence-corrected chi connectivity index (χ3v) is 7.99. The van der Waals surface area contributed by atoms with Gasteiger partial charge in [-0.3, -0.25) is 14.3 Å². The molecule has 10 nitrogen and oxygen atoms in total.